The average molecular weight is 192 g/mol. The number of rotatable bonds is 3. The van der Waals surface area contributed by atoms with Gasteiger partial charge in [-0.25, -0.2) is 0 Å². The third-order valence-electron chi connectivity index (χ3n) is 2.25. The molecule has 12 heavy (non-hydrogen) atoms. The van der Waals surface area contributed by atoms with Crippen molar-refractivity contribution in [1.29, 1.82) is 0 Å². The standard InChI is InChI=1S/C7H15NO3S/c1-11-7(6-12(9)10)3-2-4-8-5-7/h8H,2-6H2,1H3,(H,9,10)/p-1. The van der Waals surface area contributed by atoms with E-state index in [-0.39, 0.29) is 5.75 Å². The van der Waals surface area contributed by atoms with Crippen molar-refractivity contribution < 1.29 is 13.5 Å². The molecule has 0 radical (unpaired) electrons. The largest absolute Gasteiger partial charge is 0.772 e. The first-order valence-electron chi connectivity index (χ1n) is 4.00. The van der Waals surface area contributed by atoms with E-state index in [1.165, 1.54) is 0 Å². The van der Waals surface area contributed by atoms with Gasteiger partial charge in [0.2, 0.25) is 0 Å². The zero-order chi connectivity index (χ0) is 9.03. The van der Waals surface area contributed by atoms with E-state index in [0.717, 1.165) is 19.4 Å². The molecule has 5 heteroatoms. The third-order valence-corrected chi connectivity index (χ3v) is 3.01. The van der Waals surface area contributed by atoms with Crippen LogP contribution >= 0.6 is 0 Å². The van der Waals surface area contributed by atoms with E-state index < -0.39 is 16.7 Å². The van der Waals surface area contributed by atoms with Crippen molar-refractivity contribution in [2.45, 2.75) is 18.4 Å². The topological polar surface area (TPSA) is 61.4 Å². The highest BCUT2D eigenvalue weighted by molar-refractivity contribution is 7.79. The Morgan fingerprint density at radius 2 is 2.50 bits per heavy atom. The molecule has 0 aromatic heterocycles. The summed E-state index contributed by atoms with van der Waals surface area (Å²) in [5, 5.41) is 3.13. The molecule has 1 heterocycles. The average Bonchev–Trinajstić information content (AvgIpc) is 2.05. The van der Waals surface area contributed by atoms with Gasteiger partial charge in [0.1, 0.15) is 0 Å². The van der Waals surface area contributed by atoms with E-state index in [2.05, 4.69) is 5.32 Å². The maximum atomic E-state index is 10.5. The van der Waals surface area contributed by atoms with Crippen LogP contribution in [0.25, 0.3) is 0 Å². The number of hydrogen-bond acceptors (Lipinski definition) is 4. The van der Waals surface area contributed by atoms with Gasteiger partial charge in [-0.3, -0.25) is 4.21 Å². The molecule has 0 aromatic carbocycles. The molecule has 1 aliphatic rings. The molecular weight excluding hydrogens is 178 g/mol. The van der Waals surface area contributed by atoms with Crippen molar-refractivity contribution in [3.8, 4) is 0 Å². The Kier molecular flexibility index (Phi) is 3.64. The quantitative estimate of drug-likeness (QED) is 0.620. The Bertz CT molecular complexity index is 168. The van der Waals surface area contributed by atoms with Crippen LogP contribution in [0.2, 0.25) is 0 Å². The molecule has 1 aliphatic heterocycles. The first-order chi connectivity index (χ1) is 5.68. The summed E-state index contributed by atoms with van der Waals surface area (Å²) in [5.74, 6) is 0.0938. The van der Waals surface area contributed by atoms with Crippen LogP contribution in [0, 0.1) is 0 Å². The van der Waals surface area contributed by atoms with Crippen LogP contribution in [0.5, 0.6) is 0 Å². The first kappa shape index (κ1) is 10.1. The minimum absolute atomic E-state index is 0.0938. The smallest absolute Gasteiger partial charge is 0.0906 e. The van der Waals surface area contributed by atoms with Crippen LogP contribution in [-0.4, -0.2) is 40.3 Å². The minimum Gasteiger partial charge on any atom is -0.772 e. The number of hydrogen-bond donors (Lipinski definition) is 1. The maximum absolute atomic E-state index is 10.5. The molecule has 0 saturated carbocycles. The molecule has 1 saturated heterocycles. The van der Waals surface area contributed by atoms with Gasteiger partial charge in [0.25, 0.3) is 0 Å². The van der Waals surface area contributed by atoms with Crippen molar-refractivity contribution in [3.05, 3.63) is 0 Å². The van der Waals surface area contributed by atoms with Crippen molar-refractivity contribution >= 4 is 11.1 Å². The predicted molar refractivity (Wildman–Crippen MR) is 45.6 cm³/mol. The Hall–Kier alpha value is 0.0300. The second kappa shape index (κ2) is 4.32. The van der Waals surface area contributed by atoms with E-state index in [4.69, 9.17) is 4.74 Å². The molecule has 1 fully saturated rings. The van der Waals surface area contributed by atoms with E-state index in [9.17, 15) is 8.76 Å². The van der Waals surface area contributed by atoms with Crippen LogP contribution in [0.15, 0.2) is 0 Å². The van der Waals surface area contributed by atoms with Crippen molar-refractivity contribution in [2.24, 2.45) is 0 Å². The maximum Gasteiger partial charge on any atom is 0.0906 e. The first-order valence-corrected chi connectivity index (χ1v) is 5.25. The molecule has 4 nitrogen and oxygen atoms in total. The molecule has 0 aromatic rings. The lowest BCUT2D eigenvalue weighted by molar-refractivity contribution is -0.00966. The van der Waals surface area contributed by atoms with Crippen LogP contribution in [0.1, 0.15) is 12.8 Å². The Morgan fingerprint density at radius 1 is 1.75 bits per heavy atom. The molecule has 2 unspecified atom stereocenters. The van der Waals surface area contributed by atoms with Gasteiger partial charge >= 0.3 is 0 Å². The summed E-state index contributed by atoms with van der Waals surface area (Å²) in [4.78, 5) is 0. The van der Waals surface area contributed by atoms with E-state index in [1.54, 1.807) is 7.11 Å². The van der Waals surface area contributed by atoms with Gasteiger partial charge in [-0.05, 0) is 19.4 Å². The van der Waals surface area contributed by atoms with Crippen LogP contribution in [0.4, 0.5) is 0 Å². The summed E-state index contributed by atoms with van der Waals surface area (Å²) in [6, 6.07) is 0. The molecule has 2 atom stereocenters. The van der Waals surface area contributed by atoms with Gasteiger partial charge in [0, 0.05) is 19.4 Å². The molecule has 1 N–H and O–H groups in total. The molecule has 0 bridgehead atoms. The summed E-state index contributed by atoms with van der Waals surface area (Å²) in [6.45, 7) is 1.59. The Morgan fingerprint density at radius 3 is 2.92 bits per heavy atom. The lowest BCUT2D eigenvalue weighted by atomic mass is 9.96. The fraction of sp³-hybridized carbons (Fsp3) is 1.00. The fourth-order valence-corrected chi connectivity index (χ4v) is 2.31. The Balaban J connectivity index is 2.53. The lowest BCUT2D eigenvalue weighted by Gasteiger charge is -2.36. The van der Waals surface area contributed by atoms with Crippen molar-refractivity contribution in [2.75, 3.05) is 26.0 Å². The van der Waals surface area contributed by atoms with Crippen LogP contribution in [0.3, 0.4) is 0 Å². The second-order valence-corrected chi connectivity index (χ2v) is 4.01. The molecule has 0 amide bonds. The van der Waals surface area contributed by atoms with E-state index in [0.29, 0.717) is 6.54 Å². The summed E-state index contributed by atoms with van der Waals surface area (Å²) < 4.78 is 26.3. The van der Waals surface area contributed by atoms with E-state index in [1.807, 2.05) is 0 Å². The van der Waals surface area contributed by atoms with Gasteiger partial charge in [0.15, 0.2) is 0 Å². The normalized spacial score (nSPS) is 33.2. The van der Waals surface area contributed by atoms with Gasteiger partial charge in [-0.2, -0.15) is 0 Å². The van der Waals surface area contributed by atoms with Gasteiger partial charge in [0.05, 0.1) is 5.60 Å². The second-order valence-electron chi connectivity index (χ2n) is 3.12. The van der Waals surface area contributed by atoms with Gasteiger partial charge in [-0.1, -0.05) is 11.1 Å². The monoisotopic (exact) mass is 192 g/mol. The third kappa shape index (κ3) is 2.52. The summed E-state index contributed by atoms with van der Waals surface area (Å²) >= 11 is -2.02. The van der Waals surface area contributed by atoms with Crippen molar-refractivity contribution in [1.82, 2.24) is 5.32 Å². The number of methoxy groups -OCH3 is 1. The van der Waals surface area contributed by atoms with Crippen LogP contribution in [-0.2, 0) is 15.8 Å². The van der Waals surface area contributed by atoms with Crippen LogP contribution < -0.4 is 5.32 Å². The predicted octanol–water partition coefficient (Wildman–Crippen LogP) is -0.366. The van der Waals surface area contributed by atoms with Gasteiger partial charge < -0.3 is 14.6 Å². The van der Waals surface area contributed by atoms with E-state index >= 15 is 0 Å². The van der Waals surface area contributed by atoms with Gasteiger partial charge in [-0.15, -0.1) is 0 Å². The molecule has 1 rings (SSSR count). The number of nitrogens with one attached hydrogen (secondary N) is 1. The highest BCUT2D eigenvalue weighted by atomic mass is 32.2. The fourth-order valence-electron chi connectivity index (χ4n) is 1.51. The zero-order valence-corrected chi connectivity index (χ0v) is 7.99. The highest BCUT2D eigenvalue weighted by Gasteiger charge is 2.31. The molecular formula is C7H14NO3S-. The number of piperidine rings is 1. The Labute approximate surface area is 75.0 Å². The molecule has 0 spiro atoms. The van der Waals surface area contributed by atoms with Crippen molar-refractivity contribution in [3.63, 3.8) is 0 Å². The highest BCUT2D eigenvalue weighted by Crippen LogP contribution is 2.20. The summed E-state index contributed by atoms with van der Waals surface area (Å²) in [7, 11) is 1.57. The minimum atomic E-state index is -2.02. The SMILES string of the molecule is COC1(CS(=O)[O-])CCCNC1. The summed E-state index contributed by atoms with van der Waals surface area (Å²) in [6.07, 6.45) is 1.80. The number of ether oxygens (including phenoxy) is 1. The lowest BCUT2D eigenvalue weighted by Crippen LogP contribution is -2.50. The molecule has 72 valence electrons. The molecule has 0 aliphatic carbocycles. The summed E-state index contributed by atoms with van der Waals surface area (Å²) in [5.41, 5.74) is -0.481. The zero-order valence-electron chi connectivity index (χ0n) is 7.17.